The summed E-state index contributed by atoms with van der Waals surface area (Å²) < 4.78 is 5.16. The van der Waals surface area contributed by atoms with Crippen LogP contribution in [0.4, 0.5) is 5.69 Å². The Morgan fingerprint density at radius 1 is 1.07 bits per heavy atom. The van der Waals surface area contributed by atoms with Gasteiger partial charge in [-0.25, -0.2) is 4.79 Å². The second-order valence-electron chi connectivity index (χ2n) is 7.27. The molecule has 1 heterocycles. The van der Waals surface area contributed by atoms with Crippen LogP contribution in [0.2, 0.25) is 0 Å². The lowest BCUT2D eigenvalue weighted by Crippen LogP contribution is -2.20. The smallest absolute Gasteiger partial charge is 0.338 e. The number of ether oxygens (including phenoxy) is 1. The molecule has 0 spiro atoms. The van der Waals surface area contributed by atoms with E-state index in [1.54, 1.807) is 42.3 Å². The van der Waals surface area contributed by atoms with Crippen molar-refractivity contribution in [3.05, 3.63) is 64.7 Å². The van der Waals surface area contributed by atoms with Crippen LogP contribution in [-0.4, -0.2) is 31.3 Å². The minimum absolute atomic E-state index is 0.00180. The van der Waals surface area contributed by atoms with Crippen LogP contribution in [0.15, 0.2) is 42.5 Å². The minimum Gasteiger partial charge on any atom is -0.454 e. The fraction of sp³-hybridized carbons (Fsp3) is 0.318. The van der Waals surface area contributed by atoms with E-state index in [1.165, 1.54) is 0 Å². The third-order valence-electron chi connectivity index (χ3n) is 4.65. The number of hydrogen-bond donors (Lipinski definition) is 0. The fourth-order valence-electron chi connectivity index (χ4n) is 3.19. The third kappa shape index (κ3) is 4.25. The van der Waals surface area contributed by atoms with Crippen LogP contribution in [0.1, 0.15) is 45.7 Å². The average molecular weight is 365 g/mol. The van der Waals surface area contributed by atoms with Gasteiger partial charge in [-0.3, -0.25) is 9.59 Å². The number of esters is 1. The molecule has 5 nitrogen and oxygen atoms in total. The summed E-state index contributed by atoms with van der Waals surface area (Å²) in [6.45, 7) is 3.95. The molecule has 0 fully saturated rings. The van der Waals surface area contributed by atoms with Gasteiger partial charge in [-0.2, -0.15) is 0 Å². The number of likely N-dealkylation sites (N-methyl/N-ethyl adjacent to an activating group) is 1. The predicted molar refractivity (Wildman–Crippen MR) is 103 cm³/mol. The first-order chi connectivity index (χ1) is 12.8. The van der Waals surface area contributed by atoms with Crippen LogP contribution in [-0.2, 0) is 22.4 Å². The molecule has 3 rings (SSSR count). The Hall–Kier alpha value is -2.95. The molecule has 0 bridgehead atoms. The molecular formula is C22H23NO4. The molecular weight excluding hydrogens is 342 g/mol. The minimum atomic E-state index is -0.518. The Morgan fingerprint density at radius 2 is 1.74 bits per heavy atom. The van der Waals surface area contributed by atoms with E-state index in [0.717, 1.165) is 23.2 Å². The van der Waals surface area contributed by atoms with Crippen molar-refractivity contribution in [2.75, 3.05) is 18.6 Å². The van der Waals surface area contributed by atoms with Gasteiger partial charge in [0.15, 0.2) is 12.4 Å². The fourth-order valence-corrected chi connectivity index (χ4v) is 3.19. The molecule has 1 aliphatic heterocycles. The van der Waals surface area contributed by atoms with Crippen molar-refractivity contribution in [3.8, 4) is 0 Å². The maximum atomic E-state index is 12.3. The van der Waals surface area contributed by atoms with Gasteiger partial charge < -0.3 is 9.64 Å². The summed E-state index contributed by atoms with van der Waals surface area (Å²) in [4.78, 5) is 37.8. The Balaban J connectivity index is 1.60. The molecule has 0 radical (unpaired) electrons. The lowest BCUT2D eigenvalue weighted by atomic mass is 10.0. The van der Waals surface area contributed by atoms with Crippen LogP contribution in [0.25, 0.3) is 0 Å². The first-order valence-corrected chi connectivity index (χ1v) is 9.04. The van der Waals surface area contributed by atoms with Crippen molar-refractivity contribution in [2.45, 2.75) is 26.7 Å². The van der Waals surface area contributed by atoms with E-state index < -0.39 is 5.97 Å². The highest BCUT2D eigenvalue weighted by Crippen LogP contribution is 2.28. The summed E-state index contributed by atoms with van der Waals surface area (Å²) in [6, 6.07) is 12.4. The maximum absolute atomic E-state index is 12.3. The number of ketones is 1. The van der Waals surface area contributed by atoms with Crippen LogP contribution in [0, 0.1) is 5.92 Å². The van der Waals surface area contributed by atoms with Crippen LogP contribution in [0.5, 0.6) is 0 Å². The molecule has 0 aromatic heterocycles. The van der Waals surface area contributed by atoms with E-state index in [1.807, 2.05) is 12.1 Å². The average Bonchev–Trinajstić information content (AvgIpc) is 2.93. The molecule has 2 aromatic carbocycles. The van der Waals surface area contributed by atoms with Gasteiger partial charge in [-0.05, 0) is 53.8 Å². The van der Waals surface area contributed by atoms with Gasteiger partial charge in [0.05, 0.1) is 12.0 Å². The second kappa shape index (κ2) is 7.74. The SMILES string of the molecule is CC(C)Cc1ccc(C(=O)OCC(=O)c2ccc3c(c2)CC(=O)N3C)cc1. The van der Waals surface area contributed by atoms with Gasteiger partial charge in [0.25, 0.3) is 0 Å². The van der Waals surface area contributed by atoms with Crippen molar-refractivity contribution < 1.29 is 19.1 Å². The van der Waals surface area contributed by atoms with E-state index in [9.17, 15) is 14.4 Å². The topological polar surface area (TPSA) is 63.7 Å². The molecule has 140 valence electrons. The molecule has 5 heteroatoms. The third-order valence-corrected chi connectivity index (χ3v) is 4.65. The summed E-state index contributed by atoms with van der Waals surface area (Å²) in [5, 5.41) is 0. The monoisotopic (exact) mass is 365 g/mol. The van der Waals surface area contributed by atoms with Crippen molar-refractivity contribution in [3.63, 3.8) is 0 Å². The molecule has 27 heavy (non-hydrogen) atoms. The number of Topliss-reactive ketones (excluding diaryl/α,β-unsaturated/α-hetero) is 1. The Bertz CT molecular complexity index is 884. The predicted octanol–water partition coefficient (Wildman–Crippen LogP) is 3.44. The standard InChI is InChI=1S/C22H23NO4/c1-14(2)10-15-4-6-16(7-5-15)22(26)27-13-20(24)17-8-9-19-18(11-17)12-21(25)23(19)3/h4-9,11,14H,10,12-13H2,1-3H3. The van der Waals surface area contributed by atoms with Gasteiger partial charge >= 0.3 is 5.97 Å². The first kappa shape index (κ1) is 18.8. The van der Waals surface area contributed by atoms with E-state index in [-0.39, 0.29) is 24.7 Å². The Morgan fingerprint density at radius 3 is 2.41 bits per heavy atom. The van der Waals surface area contributed by atoms with Gasteiger partial charge in [0.1, 0.15) is 0 Å². The summed E-state index contributed by atoms with van der Waals surface area (Å²) in [5.74, 6) is -0.259. The zero-order valence-corrected chi connectivity index (χ0v) is 15.8. The summed E-state index contributed by atoms with van der Waals surface area (Å²) in [7, 11) is 1.71. The largest absolute Gasteiger partial charge is 0.454 e. The number of benzene rings is 2. The van der Waals surface area contributed by atoms with E-state index in [4.69, 9.17) is 4.74 Å². The Labute approximate surface area is 158 Å². The summed E-state index contributed by atoms with van der Waals surface area (Å²) in [5.41, 5.74) is 3.67. The molecule has 0 unspecified atom stereocenters. The molecule has 0 saturated carbocycles. The van der Waals surface area contributed by atoms with Gasteiger partial charge in [0, 0.05) is 18.3 Å². The zero-order chi connectivity index (χ0) is 19.6. The van der Waals surface area contributed by atoms with Crippen molar-refractivity contribution in [1.29, 1.82) is 0 Å². The van der Waals surface area contributed by atoms with Gasteiger partial charge in [-0.1, -0.05) is 26.0 Å². The number of rotatable bonds is 6. The lowest BCUT2D eigenvalue weighted by molar-refractivity contribution is -0.117. The van der Waals surface area contributed by atoms with E-state index in [0.29, 0.717) is 17.0 Å². The highest BCUT2D eigenvalue weighted by Gasteiger charge is 2.25. The molecule has 2 aromatic rings. The second-order valence-corrected chi connectivity index (χ2v) is 7.27. The quantitative estimate of drug-likeness (QED) is 0.581. The number of carbonyl (C=O) groups excluding carboxylic acids is 3. The summed E-state index contributed by atoms with van der Waals surface area (Å²) in [6.07, 6.45) is 1.24. The Kier molecular flexibility index (Phi) is 5.40. The molecule has 0 N–H and O–H groups in total. The van der Waals surface area contributed by atoms with Crippen molar-refractivity contribution in [1.82, 2.24) is 0 Å². The van der Waals surface area contributed by atoms with Gasteiger partial charge in [0.2, 0.25) is 5.91 Å². The van der Waals surface area contributed by atoms with E-state index >= 15 is 0 Å². The van der Waals surface area contributed by atoms with Crippen LogP contribution < -0.4 is 4.90 Å². The normalized spacial score (nSPS) is 13.0. The molecule has 0 aliphatic carbocycles. The number of anilines is 1. The van der Waals surface area contributed by atoms with Crippen LogP contribution >= 0.6 is 0 Å². The summed E-state index contributed by atoms with van der Waals surface area (Å²) >= 11 is 0. The number of carbonyl (C=O) groups is 3. The molecule has 0 atom stereocenters. The number of amides is 1. The van der Waals surface area contributed by atoms with Crippen molar-refractivity contribution >= 4 is 23.3 Å². The molecule has 1 amide bonds. The van der Waals surface area contributed by atoms with Gasteiger partial charge in [-0.15, -0.1) is 0 Å². The highest BCUT2D eigenvalue weighted by atomic mass is 16.5. The molecule has 0 saturated heterocycles. The van der Waals surface area contributed by atoms with E-state index in [2.05, 4.69) is 13.8 Å². The van der Waals surface area contributed by atoms with Crippen LogP contribution in [0.3, 0.4) is 0 Å². The lowest BCUT2D eigenvalue weighted by Gasteiger charge is -2.10. The number of hydrogen-bond acceptors (Lipinski definition) is 4. The zero-order valence-electron chi connectivity index (χ0n) is 15.8. The number of nitrogens with zero attached hydrogens (tertiary/aromatic N) is 1. The molecule has 1 aliphatic rings. The van der Waals surface area contributed by atoms with Crippen molar-refractivity contribution in [2.24, 2.45) is 5.92 Å². The number of fused-ring (bicyclic) bond motifs is 1. The highest BCUT2D eigenvalue weighted by molar-refractivity contribution is 6.04. The maximum Gasteiger partial charge on any atom is 0.338 e. The first-order valence-electron chi connectivity index (χ1n) is 9.04.